The van der Waals surface area contributed by atoms with Crippen LogP contribution in [0.3, 0.4) is 0 Å². The predicted octanol–water partition coefficient (Wildman–Crippen LogP) is -0.929. The van der Waals surface area contributed by atoms with Gasteiger partial charge in [0.15, 0.2) is 0 Å². The van der Waals surface area contributed by atoms with Gasteiger partial charge in [0.25, 0.3) is 0 Å². The Balaban J connectivity index is 3.89. The number of nitrogens with zero attached hydrogens (tertiary/aromatic N) is 1. The van der Waals surface area contributed by atoms with Crippen LogP contribution in [0, 0.1) is 11.3 Å². The molecular formula is C7H12N4O2. The lowest BCUT2D eigenvalue weighted by molar-refractivity contribution is -0.119. The van der Waals surface area contributed by atoms with Crippen molar-refractivity contribution in [2.45, 2.75) is 25.9 Å². The van der Waals surface area contributed by atoms with Gasteiger partial charge in [-0.25, -0.2) is 4.79 Å². The number of nitrogens with one attached hydrogen (secondary N) is 2. The lowest BCUT2D eigenvalue weighted by Crippen LogP contribution is -2.48. The van der Waals surface area contributed by atoms with E-state index in [1.165, 1.54) is 13.8 Å². The minimum absolute atomic E-state index is 0.583. The number of carbonyl (C=O) groups excluding carboxylic acids is 2. The molecule has 0 heterocycles. The van der Waals surface area contributed by atoms with E-state index in [0.717, 1.165) is 0 Å². The van der Waals surface area contributed by atoms with Crippen LogP contribution in [0.1, 0.15) is 13.8 Å². The third-order valence-electron chi connectivity index (χ3n) is 1.32. The van der Waals surface area contributed by atoms with Crippen LogP contribution >= 0.6 is 0 Å². The van der Waals surface area contributed by atoms with Crippen LogP contribution in [0.25, 0.3) is 0 Å². The van der Waals surface area contributed by atoms with Crippen molar-refractivity contribution in [3.8, 4) is 6.07 Å². The maximum atomic E-state index is 10.9. The van der Waals surface area contributed by atoms with E-state index in [-0.39, 0.29) is 0 Å². The summed E-state index contributed by atoms with van der Waals surface area (Å²) in [5, 5.41) is 12.9. The molecule has 13 heavy (non-hydrogen) atoms. The van der Waals surface area contributed by atoms with Gasteiger partial charge in [-0.15, -0.1) is 0 Å². The van der Waals surface area contributed by atoms with E-state index in [1.54, 1.807) is 0 Å². The molecule has 0 spiro atoms. The molecule has 4 N–H and O–H groups in total. The number of hydrogen-bond acceptors (Lipinski definition) is 3. The number of rotatable bonds is 3. The summed E-state index contributed by atoms with van der Waals surface area (Å²) in [6.07, 6.45) is 0. The van der Waals surface area contributed by atoms with Gasteiger partial charge in [0, 0.05) is 0 Å². The lowest BCUT2D eigenvalue weighted by Gasteiger charge is -2.11. The van der Waals surface area contributed by atoms with Crippen LogP contribution in [-0.2, 0) is 4.79 Å². The summed E-state index contributed by atoms with van der Waals surface area (Å²) in [5.41, 5.74) is 4.90. The van der Waals surface area contributed by atoms with Gasteiger partial charge in [-0.1, -0.05) is 0 Å². The molecule has 0 aliphatic rings. The van der Waals surface area contributed by atoms with Gasteiger partial charge >= 0.3 is 6.03 Å². The fourth-order valence-electron chi connectivity index (χ4n) is 0.538. The Labute approximate surface area is 76.1 Å². The molecule has 6 nitrogen and oxygen atoms in total. The van der Waals surface area contributed by atoms with Crippen LogP contribution < -0.4 is 16.4 Å². The first-order valence-electron chi connectivity index (χ1n) is 3.73. The van der Waals surface area contributed by atoms with Crippen molar-refractivity contribution < 1.29 is 9.59 Å². The fourth-order valence-corrected chi connectivity index (χ4v) is 0.538. The van der Waals surface area contributed by atoms with Crippen molar-refractivity contribution in [2.24, 2.45) is 5.73 Å². The predicted molar refractivity (Wildman–Crippen MR) is 45.4 cm³/mol. The van der Waals surface area contributed by atoms with Gasteiger partial charge in [-0.2, -0.15) is 5.26 Å². The SMILES string of the molecule is C[C@H](C#N)NC(=O)N[C@@H](C)C(N)=O. The molecule has 0 aromatic carbocycles. The average molecular weight is 184 g/mol. The molecule has 0 aromatic rings. The molecule has 0 aromatic heterocycles. The zero-order chi connectivity index (χ0) is 10.4. The first kappa shape index (κ1) is 11.2. The minimum Gasteiger partial charge on any atom is -0.368 e. The Morgan fingerprint density at radius 3 is 2.31 bits per heavy atom. The number of nitrogens with two attached hydrogens (primary N) is 1. The maximum absolute atomic E-state index is 10.9. The van der Waals surface area contributed by atoms with Gasteiger partial charge in [-0.05, 0) is 13.8 Å². The van der Waals surface area contributed by atoms with Crippen LogP contribution in [0.15, 0.2) is 0 Å². The Kier molecular flexibility index (Phi) is 4.30. The standard InChI is InChI=1S/C7H12N4O2/c1-4(3-8)10-7(13)11-5(2)6(9)12/h4-5H,1-2H3,(H2,9,12)(H2,10,11,13)/t4-,5+/m1/s1. The van der Waals surface area contributed by atoms with Gasteiger partial charge in [0.1, 0.15) is 12.1 Å². The van der Waals surface area contributed by atoms with Gasteiger partial charge in [0.2, 0.25) is 5.91 Å². The molecule has 6 heteroatoms. The zero-order valence-electron chi connectivity index (χ0n) is 7.50. The Morgan fingerprint density at radius 1 is 1.38 bits per heavy atom. The van der Waals surface area contributed by atoms with E-state index in [9.17, 15) is 9.59 Å². The average Bonchev–Trinajstić information content (AvgIpc) is 2.03. The highest BCUT2D eigenvalue weighted by Crippen LogP contribution is 1.81. The highest BCUT2D eigenvalue weighted by atomic mass is 16.2. The Bertz CT molecular complexity index is 245. The monoisotopic (exact) mass is 184 g/mol. The second-order valence-electron chi connectivity index (χ2n) is 2.59. The second-order valence-corrected chi connectivity index (χ2v) is 2.59. The quantitative estimate of drug-likeness (QED) is 0.527. The molecule has 2 atom stereocenters. The summed E-state index contributed by atoms with van der Waals surface area (Å²) in [5.74, 6) is -0.625. The Morgan fingerprint density at radius 2 is 1.92 bits per heavy atom. The molecular weight excluding hydrogens is 172 g/mol. The molecule has 0 saturated heterocycles. The van der Waals surface area contributed by atoms with Gasteiger partial charge in [0.05, 0.1) is 6.07 Å². The normalized spacial score (nSPS) is 13.6. The van der Waals surface area contributed by atoms with Gasteiger partial charge in [-0.3, -0.25) is 4.79 Å². The molecule has 0 radical (unpaired) electrons. The van der Waals surface area contributed by atoms with E-state index in [1.807, 2.05) is 6.07 Å². The van der Waals surface area contributed by atoms with Crippen molar-refractivity contribution in [3.05, 3.63) is 0 Å². The first-order chi connectivity index (χ1) is 5.97. The van der Waals surface area contributed by atoms with E-state index >= 15 is 0 Å². The molecule has 0 unspecified atom stereocenters. The Hall–Kier alpha value is -1.77. The summed E-state index contributed by atoms with van der Waals surface area (Å²) in [4.78, 5) is 21.5. The fraction of sp³-hybridized carbons (Fsp3) is 0.571. The van der Waals surface area contributed by atoms with Gasteiger partial charge < -0.3 is 16.4 Å². The molecule has 0 aliphatic carbocycles. The lowest BCUT2D eigenvalue weighted by atomic mass is 10.3. The van der Waals surface area contributed by atoms with Crippen LogP contribution in [-0.4, -0.2) is 24.0 Å². The topological polar surface area (TPSA) is 108 Å². The number of nitriles is 1. The third-order valence-corrected chi connectivity index (χ3v) is 1.32. The molecule has 0 aliphatic heterocycles. The summed E-state index contributed by atoms with van der Waals surface area (Å²) < 4.78 is 0. The van der Waals surface area contributed by atoms with Crippen molar-refractivity contribution in [1.82, 2.24) is 10.6 Å². The molecule has 0 fully saturated rings. The minimum atomic E-state index is -0.745. The van der Waals surface area contributed by atoms with Crippen molar-refractivity contribution >= 4 is 11.9 Å². The molecule has 3 amide bonds. The van der Waals surface area contributed by atoms with E-state index in [2.05, 4.69) is 10.6 Å². The molecule has 0 saturated carbocycles. The van der Waals surface area contributed by atoms with Crippen molar-refractivity contribution in [2.75, 3.05) is 0 Å². The second kappa shape index (κ2) is 4.98. The molecule has 0 rings (SSSR count). The summed E-state index contributed by atoms with van der Waals surface area (Å²) >= 11 is 0. The summed E-state index contributed by atoms with van der Waals surface area (Å²) in [6, 6.07) is -0.115. The van der Waals surface area contributed by atoms with E-state index in [0.29, 0.717) is 0 Å². The van der Waals surface area contributed by atoms with Crippen molar-refractivity contribution in [3.63, 3.8) is 0 Å². The number of primary amides is 1. The van der Waals surface area contributed by atoms with E-state index < -0.39 is 24.0 Å². The van der Waals surface area contributed by atoms with Crippen LogP contribution in [0.2, 0.25) is 0 Å². The highest BCUT2D eigenvalue weighted by Gasteiger charge is 2.12. The highest BCUT2D eigenvalue weighted by molar-refractivity contribution is 5.85. The smallest absolute Gasteiger partial charge is 0.316 e. The maximum Gasteiger partial charge on any atom is 0.316 e. The van der Waals surface area contributed by atoms with Crippen molar-refractivity contribution in [1.29, 1.82) is 5.26 Å². The van der Waals surface area contributed by atoms with Crippen LogP contribution in [0.5, 0.6) is 0 Å². The number of carbonyl (C=O) groups is 2. The first-order valence-corrected chi connectivity index (χ1v) is 3.73. The molecule has 72 valence electrons. The largest absolute Gasteiger partial charge is 0.368 e. The van der Waals surface area contributed by atoms with Crippen LogP contribution in [0.4, 0.5) is 4.79 Å². The number of amides is 3. The summed E-state index contributed by atoms with van der Waals surface area (Å²) in [6.45, 7) is 2.98. The van der Waals surface area contributed by atoms with E-state index in [4.69, 9.17) is 11.0 Å². The zero-order valence-corrected chi connectivity index (χ0v) is 7.50. The third kappa shape index (κ3) is 4.63. The number of hydrogen-bond donors (Lipinski definition) is 3. The summed E-state index contributed by atoms with van der Waals surface area (Å²) in [7, 11) is 0. The number of urea groups is 1. The molecule has 0 bridgehead atoms.